The fourth-order valence-electron chi connectivity index (χ4n) is 0.937. The second kappa shape index (κ2) is 16.9. The monoisotopic (exact) mass is 264 g/mol. The molecule has 68 valence electrons. The van der Waals surface area contributed by atoms with Crippen molar-refractivity contribution in [3.05, 3.63) is 12.2 Å². The molecule has 0 bridgehead atoms. The Labute approximate surface area is 90.4 Å². The van der Waals surface area contributed by atoms with Crippen molar-refractivity contribution in [1.29, 1.82) is 0 Å². The molecule has 4 radical (unpaired) electrons. The van der Waals surface area contributed by atoms with Gasteiger partial charge in [-0.3, -0.25) is 0 Å². The first-order chi connectivity index (χ1) is 3.50. The third-order valence-electron chi connectivity index (χ3n) is 1.41. The Bertz CT molecular complexity index is 59.3. The van der Waals surface area contributed by atoms with E-state index < -0.39 is 0 Å². The largest absolute Gasteiger partial charge is 0.0885 e. The standard InChI is InChI=1S/C7H12.3CH4.Sn/c1-2-4-6-7-5-3-1;;;;/h1-2H,3-7H2;3*1H4;. The molecule has 1 aliphatic rings. The molecule has 1 rings (SSSR count). The van der Waals surface area contributed by atoms with E-state index in [0.29, 0.717) is 0 Å². The van der Waals surface area contributed by atoms with Crippen LogP contribution in [0.1, 0.15) is 54.4 Å². The van der Waals surface area contributed by atoms with Crippen LogP contribution in [0.25, 0.3) is 0 Å². The SMILES string of the molecule is C.C.C.C1=CCCCCC1.[Sn]. The maximum Gasteiger partial charge on any atom is 0 e. The second-order valence-corrected chi connectivity index (χ2v) is 2.11. The van der Waals surface area contributed by atoms with Gasteiger partial charge in [-0.15, -0.1) is 0 Å². The predicted molar refractivity (Wildman–Crippen MR) is 58.2 cm³/mol. The Morgan fingerprint density at radius 3 is 1.36 bits per heavy atom. The topological polar surface area (TPSA) is 0 Å². The van der Waals surface area contributed by atoms with E-state index in [0.717, 1.165) is 0 Å². The quantitative estimate of drug-likeness (QED) is 0.457. The molecule has 1 aliphatic carbocycles. The summed E-state index contributed by atoms with van der Waals surface area (Å²) >= 11 is 0. The third-order valence-corrected chi connectivity index (χ3v) is 1.41. The van der Waals surface area contributed by atoms with Gasteiger partial charge in [0.1, 0.15) is 0 Å². The average Bonchev–Trinajstić information content (AvgIpc) is 1.90. The summed E-state index contributed by atoms with van der Waals surface area (Å²) in [6, 6.07) is 0. The molecule has 0 unspecified atom stereocenters. The molecule has 0 saturated heterocycles. The maximum absolute atomic E-state index is 2.30. The number of rotatable bonds is 0. The summed E-state index contributed by atoms with van der Waals surface area (Å²) in [4.78, 5) is 0. The molecule has 0 saturated carbocycles. The Kier molecular flexibility index (Phi) is 34.6. The number of hydrogen-bond acceptors (Lipinski definition) is 0. The van der Waals surface area contributed by atoms with Gasteiger partial charge < -0.3 is 0 Å². The fraction of sp³-hybridized carbons (Fsp3) is 0.800. The molecule has 0 aromatic rings. The molecule has 0 aromatic carbocycles. The Hall–Kier alpha value is 0.539. The molecule has 0 nitrogen and oxygen atoms in total. The van der Waals surface area contributed by atoms with Crippen molar-refractivity contribution in [2.75, 3.05) is 0 Å². The van der Waals surface area contributed by atoms with Crippen LogP contribution in [0, 0.1) is 0 Å². The van der Waals surface area contributed by atoms with Crippen molar-refractivity contribution in [2.24, 2.45) is 0 Å². The van der Waals surface area contributed by atoms with Gasteiger partial charge in [-0.05, 0) is 25.7 Å². The summed E-state index contributed by atoms with van der Waals surface area (Å²) in [5.41, 5.74) is 0. The summed E-state index contributed by atoms with van der Waals surface area (Å²) in [5.74, 6) is 0. The van der Waals surface area contributed by atoms with Gasteiger partial charge in [0.2, 0.25) is 0 Å². The molecule has 0 atom stereocenters. The molecule has 0 spiro atoms. The van der Waals surface area contributed by atoms with E-state index in [4.69, 9.17) is 0 Å². The molecule has 1 heteroatoms. The van der Waals surface area contributed by atoms with Gasteiger partial charge in [-0.1, -0.05) is 40.9 Å². The van der Waals surface area contributed by atoms with Crippen molar-refractivity contribution in [2.45, 2.75) is 54.4 Å². The molecule has 11 heavy (non-hydrogen) atoms. The van der Waals surface area contributed by atoms with Crippen molar-refractivity contribution in [3.8, 4) is 0 Å². The van der Waals surface area contributed by atoms with Crippen LogP contribution in [0.15, 0.2) is 12.2 Å². The van der Waals surface area contributed by atoms with Gasteiger partial charge in [0.25, 0.3) is 0 Å². The van der Waals surface area contributed by atoms with E-state index in [2.05, 4.69) is 12.2 Å². The Balaban J connectivity index is -0.0000000612. The first kappa shape index (κ1) is 22.5. The van der Waals surface area contributed by atoms with Crippen molar-refractivity contribution in [3.63, 3.8) is 0 Å². The van der Waals surface area contributed by atoms with Crippen LogP contribution in [0.2, 0.25) is 0 Å². The zero-order chi connectivity index (χ0) is 4.95. The van der Waals surface area contributed by atoms with E-state index in [1.165, 1.54) is 32.1 Å². The minimum atomic E-state index is 0. The zero-order valence-electron chi connectivity index (χ0n) is 5.19. The second-order valence-electron chi connectivity index (χ2n) is 2.11. The van der Waals surface area contributed by atoms with E-state index in [1.807, 2.05) is 0 Å². The summed E-state index contributed by atoms with van der Waals surface area (Å²) in [7, 11) is 0. The molecule has 0 N–H and O–H groups in total. The van der Waals surface area contributed by atoms with Gasteiger partial charge in [0.15, 0.2) is 0 Å². The number of allylic oxidation sites excluding steroid dienone is 2. The van der Waals surface area contributed by atoms with Crippen LogP contribution < -0.4 is 0 Å². The van der Waals surface area contributed by atoms with E-state index in [-0.39, 0.29) is 46.2 Å². The zero-order valence-corrected chi connectivity index (χ0v) is 8.04. The van der Waals surface area contributed by atoms with Crippen LogP contribution in [-0.2, 0) is 0 Å². The van der Waals surface area contributed by atoms with E-state index in [9.17, 15) is 0 Å². The van der Waals surface area contributed by atoms with Gasteiger partial charge in [-0.25, -0.2) is 0 Å². The van der Waals surface area contributed by atoms with Crippen molar-refractivity contribution >= 4 is 23.9 Å². The van der Waals surface area contributed by atoms with Crippen LogP contribution in [-0.4, -0.2) is 23.9 Å². The van der Waals surface area contributed by atoms with Crippen LogP contribution in [0.5, 0.6) is 0 Å². The molecular formula is C10H24Sn. The molecule has 0 fully saturated rings. The summed E-state index contributed by atoms with van der Waals surface area (Å²) in [6.45, 7) is 0. The molecule has 0 aliphatic heterocycles. The average molecular weight is 263 g/mol. The molecule has 0 heterocycles. The predicted octanol–water partition coefficient (Wildman–Crippen LogP) is 4.03. The van der Waals surface area contributed by atoms with Gasteiger partial charge >= 0.3 is 0 Å². The Morgan fingerprint density at radius 2 is 1.00 bits per heavy atom. The van der Waals surface area contributed by atoms with Crippen molar-refractivity contribution in [1.82, 2.24) is 0 Å². The van der Waals surface area contributed by atoms with Crippen LogP contribution >= 0.6 is 0 Å². The first-order valence-electron chi connectivity index (χ1n) is 3.15. The summed E-state index contributed by atoms with van der Waals surface area (Å²) < 4.78 is 0. The Morgan fingerprint density at radius 1 is 0.636 bits per heavy atom. The van der Waals surface area contributed by atoms with Gasteiger partial charge in [0, 0.05) is 23.9 Å². The molecular weight excluding hydrogens is 239 g/mol. The van der Waals surface area contributed by atoms with Crippen LogP contribution in [0.3, 0.4) is 0 Å². The number of hydrogen-bond donors (Lipinski definition) is 0. The normalized spacial score (nSPS) is 13.8. The van der Waals surface area contributed by atoms with E-state index >= 15 is 0 Å². The minimum Gasteiger partial charge on any atom is -0.0885 e. The first-order valence-corrected chi connectivity index (χ1v) is 3.15. The van der Waals surface area contributed by atoms with Gasteiger partial charge in [-0.2, -0.15) is 0 Å². The summed E-state index contributed by atoms with van der Waals surface area (Å²) in [5, 5.41) is 0. The van der Waals surface area contributed by atoms with Gasteiger partial charge in [0.05, 0.1) is 0 Å². The van der Waals surface area contributed by atoms with Crippen LogP contribution in [0.4, 0.5) is 0 Å². The van der Waals surface area contributed by atoms with Crippen molar-refractivity contribution < 1.29 is 0 Å². The minimum absolute atomic E-state index is 0. The molecule has 0 aromatic heterocycles. The smallest absolute Gasteiger partial charge is 0 e. The third kappa shape index (κ3) is 13.5. The van der Waals surface area contributed by atoms with E-state index in [1.54, 1.807) is 0 Å². The fourth-order valence-corrected chi connectivity index (χ4v) is 0.937. The maximum atomic E-state index is 2.30. The molecule has 0 amide bonds. The summed E-state index contributed by atoms with van der Waals surface area (Å²) in [6.07, 6.45) is 11.5.